The molecule has 2 N–H and O–H groups in total. The molecular weight excluding hydrogens is 354 g/mol. The topological polar surface area (TPSA) is 88.0 Å². The van der Waals surface area contributed by atoms with E-state index in [0.717, 1.165) is 26.7 Å². The first-order chi connectivity index (χ1) is 13.4. The number of nitrogens with zero attached hydrogens (tertiary/aromatic N) is 2. The molecule has 144 valence electrons. The fraction of sp³-hybridized carbons (Fsp3) is 0.227. The first kappa shape index (κ1) is 19.4. The van der Waals surface area contributed by atoms with E-state index in [1.807, 2.05) is 38.3 Å². The van der Waals surface area contributed by atoms with Crippen LogP contribution in [0.15, 0.2) is 41.8 Å². The third kappa shape index (κ3) is 3.29. The van der Waals surface area contributed by atoms with Crippen molar-refractivity contribution in [2.24, 2.45) is 0 Å². The fourth-order valence-corrected chi connectivity index (χ4v) is 3.65. The molecule has 1 aromatic carbocycles. The Balaban J connectivity index is 2.35. The molecule has 0 saturated heterocycles. The van der Waals surface area contributed by atoms with Crippen LogP contribution in [0.1, 0.15) is 36.6 Å². The predicted octanol–water partition coefficient (Wildman–Crippen LogP) is 2.04. The van der Waals surface area contributed by atoms with Gasteiger partial charge in [0.1, 0.15) is 6.54 Å². The van der Waals surface area contributed by atoms with Gasteiger partial charge in [-0.2, -0.15) is 5.10 Å². The van der Waals surface area contributed by atoms with Crippen LogP contribution in [0.2, 0.25) is 0 Å². The van der Waals surface area contributed by atoms with Gasteiger partial charge in [-0.3, -0.25) is 9.59 Å². The first-order valence-electron chi connectivity index (χ1n) is 9.07. The van der Waals surface area contributed by atoms with Crippen molar-refractivity contribution in [2.75, 3.05) is 0 Å². The van der Waals surface area contributed by atoms with Gasteiger partial charge in [-0.15, -0.1) is 0 Å². The number of hydrogen-bond acceptors (Lipinski definition) is 3. The number of fused-ring (bicyclic) bond motifs is 1. The number of carboxylic acid groups (broad SMARTS) is 1. The number of carbonyl (C=O) groups is 1. The molecule has 0 amide bonds. The van der Waals surface area contributed by atoms with Crippen molar-refractivity contribution in [3.63, 3.8) is 0 Å². The zero-order valence-corrected chi connectivity index (χ0v) is 16.2. The number of allylic oxidation sites excluding steroid dienone is 1. The number of benzene rings is 1. The largest absolute Gasteiger partial charge is 0.480 e. The summed E-state index contributed by atoms with van der Waals surface area (Å²) in [6, 6.07) is 6.06. The summed E-state index contributed by atoms with van der Waals surface area (Å²) in [6.45, 7) is 9.09. The zero-order chi connectivity index (χ0) is 20.4. The van der Waals surface area contributed by atoms with E-state index in [0.29, 0.717) is 16.1 Å². The molecule has 0 radical (unpaired) electrons. The number of nitrogens with one attached hydrogen (secondary N) is 1. The van der Waals surface area contributed by atoms with Gasteiger partial charge in [0.25, 0.3) is 5.56 Å². The second-order valence-corrected chi connectivity index (χ2v) is 6.72. The number of rotatable bonds is 5. The van der Waals surface area contributed by atoms with E-state index >= 15 is 0 Å². The summed E-state index contributed by atoms with van der Waals surface area (Å²) in [5.74, 6) is -1.27. The summed E-state index contributed by atoms with van der Waals surface area (Å²) in [7, 11) is 0. The Morgan fingerprint density at radius 2 is 2.14 bits per heavy atom. The van der Waals surface area contributed by atoms with Crippen LogP contribution in [0.25, 0.3) is 23.1 Å². The summed E-state index contributed by atoms with van der Waals surface area (Å²) in [4.78, 5) is 27.3. The second kappa shape index (κ2) is 7.68. The van der Waals surface area contributed by atoms with Gasteiger partial charge in [-0.05, 0) is 37.1 Å². The highest BCUT2D eigenvalue weighted by Crippen LogP contribution is 2.30. The van der Waals surface area contributed by atoms with Crippen LogP contribution in [0.4, 0.5) is 0 Å². The molecule has 1 atom stereocenters. The molecule has 2 heterocycles. The maximum Gasteiger partial charge on any atom is 0.325 e. The molecular formula is C22H23N3O3. The number of aryl methyl sites for hydroxylation is 1. The smallest absolute Gasteiger partial charge is 0.325 e. The lowest BCUT2D eigenvalue weighted by Crippen LogP contribution is -2.49. The maximum absolute atomic E-state index is 12.7. The van der Waals surface area contributed by atoms with Crippen molar-refractivity contribution in [2.45, 2.75) is 33.2 Å². The minimum absolute atomic E-state index is 0.154. The van der Waals surface area contributed by atoms with Crippen molar-refractivity contribution >= 4 is 29.0 Å². The van der Waals surface area contributed by atoms with Crippen molar-refractivity contribution in [3.05, 3.63) is 74.7 Å². The zero-order valence-electron chi connectivity index (χ0n) is 16.2. The van der Waals surface area contributed by atoms with Gasteiger partial charge in [0.2, 0.25) is 0 Å². The van der Waals surface area contributed by atoms with Crippen LogP contribution in [-0.2, 0) is 11.3 Å². The van der Waals surface area contributed by atoms with Gasteiger partial charge in [-0.1, -0.05) is 37.8 Å². The van der Waals surface area contributed by atoms with Gasteiger partial charge in [0.05, 0.1) is 10.9 Å². The standard InChI is InChI=1S/C22H23N3O3/c1-5-8-16-15(6-2)21(24-25(22(16)28)12-19(26)27)14(4)17-11-23-18-10-7-9-13(3)20(17)18/h5-11,14,23H,1,12H2,2-4H3,(H,26,27)/b15-6+,16-8+. The van der Waals surface area contributed by atoms with E-state index in [1.54, 1.807) is 6.08 Å². The first-order valence-corrected chi connectivity index (χ1v) is 9.07. The highest BCUT2D eigenvalue weighted by molar-refractivity contribution is 5.87. The molecule has 2 aromatic heterocycles. The molecule has 28 heavy (non-hydrogen) atoms. The maximum atomic E-state index is 12.7. The molecule has 3 aromatic rings. The molecule has 0 saturated carbocycles. The van der Waals surface area contributed by atoms with Crippen LogP contribution >= 0.6 is 0 Å². The summed E-state index contributed by atoms with van der Waals surface area (Å²) in [5.41, 5.74) is 3.43. The third-order valence-electron chi connectivity index (χ3n) is 4.94. The SMILES string of the molecule is C=C/C=c1/c(=O)n(CC(=O)O)nc(C(C)c2c[nH]c3cccc(C)c23)/c1=C/C. The summed E-state index contributed by atoms with van der Waals surface area (Å²) < 4.78 is 1.01. The fourth-order valence-electron chi connectivity index (χ4n) is 3.65. The number of carboxylic acids is 1. The normalized spacial score (nSPS) is 13.8. The molecule has 0 spiro atoms. The van der Waals surface area contributed by atoms with Crippen molar-refractivity contribution in [3.8, 4) is 0 Å². The Bertz CT molecular complexity index is 1250. The van der Waals surface area contributed by atoms with Crippen LogP contribution in [0.5, 0.6) is 0 Å². The van der Waals surface area contributed by atoms with E-state index in [2.05, 4.69) is 29.7 Å². The lowest BCUT2D eigenvalue weighted by molar-refractivity contribution is -0.138. The quantitative estimate of drug-likeness (QED) is 0.712. The highest BCUT2D eigenvalue weighted by Gasteiger charge is 2.20. The van der Waals surface area contributed by atoms with E-state index in [1.165, 1.54) is 6.08 Å². The average Bonchev–Trinajstić information content (AvgIpc) is 3.09. The lowest BCUT2D eigenvalue weighted by Gasteiger charge is -2.14. The van der Waals surface area contributed by atoms with E-state index in [-0.39, 0.29) is 5.92 Å². The molecule has 6 heteroatoms. The molecule has 1 unspecified atom stereocenters. The minimum Gasteiger partial charge on any atom is -0.480 e. The molecule has 0 aliphatic heterocycles. The van der Waals surface area contributed by atoms with Crippen molar-refractivity contribution < 1.29 is 9.90 Å². The van der Waals surface area contributed by atoms with Gasteiger partial charge < -0.3 is 10.1 Å². The second-order valence-electron chi connectivity index (χ2n) is 6.72. The Kier molecular flexibility index (Phi) is 5.31. The monoisotopic (exact) mass is 377 g/mol. The van der Waals surface area contributed by atoms with Crippen LogP contribution in [0.3, 0.4) is 0 Å². The van der Waals surface area contributed by atoms with Gasteiger partial charge >= 0.3 is 5.97 Å². The van der Waals surface area contributed by atoms with Crippen LogP contribution < -0.4 is 16.0 Å². The molecule has 0 aliphatic rings. The molecule has 0 aliphatic carbocycles. The number of aliphatic carboxylic acids is 1. The molecule has 0 fully saturated rings. The number of hydrogen-bond donors (Lipinski definition) is 2. The van der Waals surface area contributed by atoms with Gasteiger partial charge in [0.15, 0.2) is 0 Å². The Morgan fingerprint density at radius 3 is 2.79 bits per heavy atom. The summed E-state index contributed by atoms with van der Waals surface area (Å²) in [6.07, 6.45) is 6.92. The Labute approximate surface area is 162 Å². The summed E-state index contributed by atoms with van der Waals surface area (Å²) >= 11 is 0. The van der Waals surface area contributed by atoms with E-state index in [9.17, 15) is 14.7 Å². The molecule has 6 nitrogen and oxygen atoms in total. The van der Waals surface area contributed by atoms with E-state index in [4.69, 9.17) is 0 Å². The van der Waals surface area contributed by atoms with Gasteiger partial charge in [0, 0.05) is 28.2 Å². The third-order valence-corrected chi connectivity index (χ3v) is 4.94. The van der Waals surface area contributed by atoms with Crippen LogP contribution in [-0.4, -0.2) is 25.8 Å². The van der Waals surface area contributed by atoms with E-state index < -0.39 is 18.1 Å². The lowest BCUT2D eigenvalue weighted by atomic mass is 9.93. The number of H-pyrrole nitrogens is 1. The number of aromatic nitrogens is 3. The van der Waals surface area contributed by atoms with Crippen molar-refractivity contribution in [1.29, 1.82) is 0 Å². The molecule has 3 rings (SSSR count). The predicted molar refractivity (Wildman–Crippen MR) is 111 cm³/mol. The Morgan fingerprint density at radius 1 is 1.39 bits per heavy atom. The minimum atomic E-state index is -1.12. The number of aromatic amines is 1. The Hall–Kier alpha value is -3.41. The summed E-state index contributed by atoms with van der Waals surface area (Å²) in [5, 5.41) is 15.8. The average molecular weight is 377 g/mol. The molecule has 0 bridgehead atoms. The van der Waals surface area contributed by atoms with Crippen LogP contribution in [0, 0.1) is 6.92 Å². The highest BCUT2D eigenvalue weighted by atomic mass is 16.4. The van der Waals surface area contributed by atoms with Crippen molar-refractivity contribution in [1.82, 2.24) is 14.8 Å². The van der Waals surface area contributed by atoms with Gasteiger partial charge in [-0.25, -0.2) is 4.68 Å².